The summed E-state index contributed by atoms with van der Waals surface area (Å²) in [6.45, 7) is 1.88. The quantitative estimate of drug-likeness (QED) is 0.478. The van der Waals surface area contributed by atoms with Gasteiger partial charge in [-0.25, -0.2) is 0 Å². The number of nitrogens with one attached hydrogen (secondary N) is 1. The number of aromatic nitrogens is 1. The zero-order valence-corrected chi connectivity index (χ0v) is 18.9. The Kier molecular flexibility index (Phi) is 7.67. The number of carbonyl (C=O) groups excluding carboxylic acids is 2. The first-order valence-electron chi connectivity index (χ1n) is 11.3. The Balaban J connectivity index is 1.29. The highest BCUT2D eigenvalue weighted by Crippen LogP contribution is 2.21. The Morgan fingerprint density at radius 1 is 1.12 bits per heavy atom. The van der Waals surface area contributed by atoms with Crippen molar-refractivity contribution in [2.75, 3.05) is 11.9 Å². The second-order valence-corrected chi connectivity index (χ2v) is 8.23. The van der Waals surface area contributed by atoms with E-state index in [4.69, 9.17) is 10.5 Å². The van der Waals surface area contributed by atoms with Gasteiger partial charge in [-0.15, -0.1) is 0 Å². The molecule has 2 amide bonds. The molecule has 1 unspecified atom stereocenters. The van der Waals surface area contributed by atoms with Gasteiger partial charge in [0.15, 0.2) is 0 Å². The molecule has 0 radical (unpaired) electrons. The Labute approximate surface area is 199 Å². The maximum absolute atomic E-state index is 12.4. The predicted molar refractivity (Wildman–Crippen MR) is 132 cm³/mol. The number of hydrogen-bond donors (Lipinski definition) is 2. The van der Waals surface area contributed by atoms with Gasteiger partial charge in [0.1, 0.15) is 12.4 Å². The standard InChI is InChI=1S/C27H28N4O3/c28-27(33)25-8-4-16-31(25)18-21-5-3-7-22(17-21)30-26(32)14-11-20-9-12-24(13-10-20)34-19-23-6-1-2-15-29-23/h1-3,5-7,9-15,17,25H,4,8,16,18-19H2,(H2,28,33)(H,30,32)/b14-11+. The zero-order valence-electron chi connectivity index (χ0n) is 18.9. The molecule has 2 heterocycles. The first-order valence-corrected chi connectivity index (χ1v) is 11.3. The van der Waals surface area contributed by atoms with Crippen molar-refractivity contribution in [1.82, 2.24) is 9.88 Å². The summed E-state index contributed by atoms with van der Waals surface area (Å²) >= 11 is 0. The van der Waals surface area contributed by atoms with Gasteiger partial charge in [-0.2, -0.15) is 0 Å². The molecule has 3 N–H and O–H groups in total. The number of hydrogen-bond acceptors (Lipinski definition) is 5. The topological polar surface area (TPSA) is 97.6 Å². The van der Waals surface area contributed by atoms with E-state index in [2.05, 4.69) is 15.2 Å². The van der Waals surface area contributed by atoms with Crippen molar-refractivity contribution in [3.05, 3.63) is 95.8 Å². The van der Waals surface area contributed by atoms with Gasteiger partial charge in [0, 0.05) is 24.5 Å². The summed E-state index contributed by atoms with van der Waals surface area (Å²) in [6.07, 6.45) is 6.75. The van der Waals surface area contributed by atoms with Crippen LogP contribution in [0.5, 0.6) is 5.75 Å². The van der Waals surface area contributed by atoms with E-state index >= 15 is 0 Å². The Morgan fingerprint density at radius 3 is 2.74 bits per heavy atom. The summed E-state index contributed by atoms with van der Waals surface area (Å²) in [5, 5.41) is 2.89. The number of carbonyl (C=O) groups is 2. The van der Waals surface area contributed by atoms with Crippen molar-refractivity contribution in [3.8, 4) is 5.75 Å². The number of anilines is 1. The van der Waals surface area contributed by atoms with Crippen LogP contribution in [-0.4, -0.2) is 34.3 Å². The predicted octanol–water partition coefficient (Wildman–Crippen LogP) is 3.76. The van der Waals surface area contributed by atoms with Gasteiger partial charge in [0.25, 0.3) is 0 Å². The van der Waals surface area contributed by atoms with E-state index in [9.17, 15) is 9.59 Å². The minimum Gasteiger partial charge on any atom is -0.487 e. The lowest BCUT2D eigenvalue weighted by molar-refractivity contribution is -0.122. The molecule has 4 rings (SSSR count). The molecule has 34 heavy (non-hydrogen) atoms. The fourth-order valence-corrected chi connectivity index (χ4v) is 3.99. The summed E-state index contributed by atoms with van der Waals surface area (Å²) in [7, 11) is 0. The van der Waals surface area contributed by atoms with Crippen LogP contribution in [0.25, 0.3) is 6.08 Å². The van der Waals surface area contributed by atoms with E-state index in [-0.39, 0.29) is 17.9 Å². The molecule has 2 aromatic carbocycles. The second-order valence-electron chi connectivity index (χ2n) is 8.23. The number of pyridine rings is 1. The van der Waals surface area contributed by atoms with E-state index in [0.717, 1.165) is 42.0 Å². The second kappa shape index (κ2) is 11.2. The number of rotatable bonds is 9. The highest BCUT2D eigenvalue weighted by Gasteiger charge is 2.28. The number of likely N-dealkylation sites (tertiary alicyclic amines) is 1. The summed E-state index contributed by atoms with van der Waals surface area (Å²) in [5.41, 5.74) is 9.00. The summed E-state index contributed by atoms with van der Waals surface area (Å²) < 4.78 is 5.74. The van der Waals surface area contributed by atoms with Gasteiger partial charge in [-0.1, -0.05) is 30.3 Å². The van der Waals surface area contributed by atoms with E-state index < -0.39 is 0 Å². The maximum atomic E-state index is 12.4. The van der Waals surface area contributed by atoms with Crippen LogP contribution in [0, 0.1) is 0 Å². The summed E-state index contributed by atoms with van der Waals surface area (Å²) in [5.74, 6) is 0.240. The first-order chi connectivity index (χ1) is 16.6. The molecule has 1 fully saturated rings. The molecular formula is C27H28N4O3. The summed E-state index contributed by atoms with van der Waals surface area (Å²) in [6, 6.07) is 20.7. The van der Waals surface area contributed by atoms with Crippen molar-refractivity contribution < 1.29 is 14.3 Å². The van der Waals surface area contributed by atoms with Gasteiger partial charge in [0.2, 0.25) is 11.8 Å². The van der Waals surface area contributed by atoms with Gasteiger partial charge in [-0.3, -0.25) is 19.5 Å². The van der Waals surface area contributed by atoms with E-state index in [1.54, 1.807) is 12.3 Å². The third kappa shape index (κ3) is 6.52. The maximum Gasteiger partial charge on any atom is 0.248 e. The SMILES string of the molecule is NC(=O)C1CCCN1Cc1cccc(NC(=O)/C=C/c2ccc(OCc3ccccn3)cc2)c1. The highest BCUT2D eigenvalue weighted by atomic mass is 16.5. The molecule has 7 nitrogen and oxygen atoms in total. The lowest BCUT2D eigenvalue weighted by Crippen LogP contribution is -2.39. The van der Waals surface area contributed by atoms with Gasteiger partial charge in [-0.05, 0) is 73.0 Å². The number of amides is 2. The molecule has 174 valence electrons. The van der Waals surface area contributed by atoms with Gasteiger partial charge >= 0.3 is 0 Å². The minimum absolute atomic E-state index is 0.215. The van der Waals surface area contributed by atoms with Crippen LogP contribution in [0.3, 0.4) is 0 Å². The first kappa shape index (κ1) is 23.2. The van der Waals surface area contributed by atoms with Crippen molar-refractivity contribution in [2.45, 2.75) is 32.0 Å². The van der Waals surface area contributed by atoms with Crippen molar-refractivity contribution in [3.63, 3.8) is 0 Å². The number of nitrogens with two attached hydrogens (primary N) is 1. The molecule has 1 aliphatic heterocycles. The largest absolute Gasteiger partial charge is 0.487 e. The lowest BCUT2D eigenvalue weighted by Gasteiger charge is -2.22. The van der Waals surface area contributed by atoms with E-state index in [0.29, 0.717) is 18.8 Å². The third-order valence-corrected chi connectivity index (χ3v) is 5.69. The molecule has 0 aliphatic carbocycles. The zero-order chi connectivity index (χ0) is 23.8. The lowest BCUT2D eigenvalue weighted by atomic mass is 10.1. The van der Waals surface area contributed by atoms with Crippen LogP contribution in [0.4, 0.5) is 5.69 Å². The molecule has 7 heteroatoms. The van der Waals surface area contributed by atoms with Crippen LogP contribution >= 0.6 is 0 Å². The fraction of sp³-hybridized carbons (Fsp3) is 0.222. The van der Waals surface area contributed by atoms with Crippen molar-refractivity contribution in [2.24, 2.45) is 5.73 Å². The molecule has 0 bridgehead atoms. The average molecular weight is 457 g/mol. The number of primary amides is 1. The van der Waals surface area contributed by atoms with Gasteiger partial charge in [0.05, 0.1) is 11.7 Å². The third-order valence-electron chi connectivity index (χ3n) is 5.69. The molecule has 0 spiro atoms. The van der Waals surface area contributed by atoms with Crippen LogP contribution in [0.2, 0.25) is 0 Å². The molecule has 3 aromatic rings. The average Bonchev–Trinajstić information content (AvgIpc) is 3.31. The fourth-order valence-electron chi connectivity index (χ4n) is 3.99. The van der Waals surface area contributed by atoms with Gasteiger partial charge < -0.3 is 15.8 Å². The molecule has 0 saturated carbocycles. The Hall–Kier alpha value is -3.97. The Bertz CT molecular complexity index is 1150. The van der Waals surface area contributed by atoms with Crippen LogP contribution in [0.15, 0.2) is 79.0 Å². The number of ether oxygens (including phenoxy) is 1. The van der Waals surface area contributed by atoms with Crippen LogP contribution in [0.1, 0.15) is 29.7 Å². The molecule has 1 aliphatic rings. The summed E-state index contributed by atoms with van der Waals surface area (Å²) in [4.78, 5) is 30.4. The normalized spacial score (nSPS) is 15.9. The molecular weight excluding hydrogens is 428 g/mol. The molecule has 1 atom stereocenters. The molecule has 1 saturated heterocycles. The highest BCUT2D eigenvalue weighted by molar-refractivity contribution is 6.01. The van der Waals surface area contributed by atoms with Crippen molar-refractivity contribution in [1.29, 1.82) is 0 Å². The minimum atomic E-state index is -0.278. The number of benzene rings is 2. The monoisotopic (exact) mass is 456 g/mol. The van der Waals surface area contributed by atoms with Crippen LogP contribution < -0.4 is 15.8 Å². The number of nitrogens with zero attached hydrogens (tertiary/aromatic N) is 2. The van der Waals surface area contributed by atoms with Crippen LogP contribution in [-0.2, 0) is 22.7 Å². The molecule has 1 aromatic heterocycles. The smallest absolute Gasteiger partial charge is 0.248 e. The van der Waals surface area contributed by atoms with E-state index in [1.807, 2.05) is 66.7 Å². The van der Waals surface area contributed by atoms with E-state index in [1.165, 1.54) is 6.08 Å². The van der Waals surface area contributed by atoms with Crippen molar-refractivity contribution >= 4 is 23.6 Å². The Morgan fingerprint density at radius 2 is 1.97 bits per heavy atom.